The van der Waals surface area contributed by atoms with E-state index in [1.54, 1.807) is 12.1 Å². The largest absolute Gasteiger partial charge is 0.497 e. The van der Waals surface area contributed by atoms with Gasteiger partial charge in [-0.3, -0.25) is 0 Å². The monoisotopic (exact) mass is 271 g/mol. The van der Waals surface area contributed by atoms with Gasteiger partial charge in [-0.2, -0.15) is 18.3 Å². The average molecular weight is 271 g/mol. The molecule has 2 aromatic rings. The Morgan fingerprint density at radius 1 is 1.21 bits per heavy atom. The molecule has 0 aliphatic heterocycles. The standard InChI is InChI=1S/C12H12F3N3O/c1-7-10(16)11(12(13,14)15)18(17-7)8-3-5-9(19-2)6-4-8/h3-6H,16H2,1-2H3. The van der Waals surface area contributed by atoms with E-state index in [4.69, 9.17) is 10.5 Å². The third-order valence-corrected chi connectivity index (χ3v) is 2.69. The smallest absolute Gasteiger partial charge is 0.435 e. The van der Waals surface area contributed by atoms with E-state index in [1.807, 2.05) is 0 Å². The van der Waals surface area contributed by atoms with Crippen LogP contribution in [0.4, 0.5) is 18.9 Å². The molecule has 19 heavy (non-hydrogen) atoms. The molecule has 1 aromatic carbocycles. The van der Waals surface area contributed by atoms with Gasteiger partial charge in [0.25, 0.3) is 0 Å². The predicted molar refractivity (Wildman–Crippen MR) is 64.3 cm³/mol. The molecule has 1 heterocycles. The number of alkyl halides is 3. The van der Waals surface area contributed by atoms with E-state index >= 15 is 0 Å². The van der Waals surface area contributed by atoms with Gasteiger partial charge in [-0.05, 0) is 31.2 Å². The number of anilines is 1. The van der Waals surface area contributed by atoms with Gasteiger partial charge < -0.3 is 10.5 Å². The number of nitrogens with two attached hydrogens (primary N) is 1. The Balaban J connectivity index is 2.58. The fourth-order valence-electron chi connectivity index (χ4n) is 1.72. The van der Waals surface area contributed by atoms with Gasteiger partial charge in [-0.1, -0.05) is 0 Å². The lowest BCUT2D eigenvalue weighted by Gasteiger charge is -2.11. The molecule has 102 valence electrons. The molecule has 0 saturated carbocycles. The average Bonchev–Trinajstić information content (AvgIpc) is 2.65. The maximum absolute atomic E-state index is 13.0. The summed E-state index contributed by atoms with van der Waals surface area (Å²) in [6.07, 6.45) is -4.56. The van der Waals surface area contributed by atoms with E-state index in [2.05, 4.69) is 5.10 Å². The van der Waals surface area contributed by atoms with Crippen LogP contribution >= 0.6 is 0 Å². The van der Waals surface area contributed by atoms with E-state index in [-0.39, 0.29) is 17.1 Å². The van der Waals surface area contributed by atoms with Crippen LogP contribution in [0.2, 0.25) is 0 Å². The van der Waals surface area contributed by atoms with Crippen LogP contribution in [-0.4, -0.2) is 16.9 Å². The van der Waals surface area contributed by atoms with Crippen LogP contribution in [-0.2, 0) is 6.18 Å². The molecule has 7 heteroatoms. The van der Waals surface area contributed by atoms with Crippen LogP contribution in [0.5, 0.6) is 5.75 Å². The first-order valence-corrected chi connectivity index (χ1v) is 5.41. The molecule has 0 radical (unpaired) electrons. The van der Waals surface area contributed by atoms with Gasteiger partial charge in [-0.15, -0.1) is 0 Å². The van der Waals surface area contributed by atoms with Crippen LogP contribution in [0, 0.1) is 6.92 Å². The van der Waals surface area contributed by atoms with Crippen LogP contribution in [0.15, 0.2) is 24.3 Å². The summed E-state index contributed by atoms with van der Waals surface area (Å²) >= 11 is 0. The summed E-state index contributed by atoms with van der Waals surface area (Å²) in [5.74, 6) is 0.550. The Hall–Kier alpha value is -2.18. The van der Waals surface area contributed by atoms with Gasteiger partial charge in [0.05, 0.1) is 24.2 Å². The number of benzene rings is 1. The molecular weight excluding hydrogens is 259 g/mol. The second-order valence-corrected chi connectivity index (χ2v) is 3.96. The van der Waals surface area contributed by atoms with Crippen molar-refractivity contribution < 1.29 is 17.9 Å². The first-order valence-electron chi connectivity index (χ1n) is 5.41. The molecule has 0 spiro atoms. The second-order valence-electron chi connectivity index (χ2n) is 3.96. The summed E-state index contributed by atoms with van der Waals surface area (Å²) in [4.78, 5) is 0. The Labute approximate surface area is 107 Å². The van der Waals surface area contributed by atoms with Crippen molar-refractivity contribution >= 4 is 5.69 Å². The van der Waals surface area contributed by atoms with Gasteiger partial charge in [0.15, 0.2) is 5.69 Å². The van der Waals surface area contributed by atoms with Gasteiger partial charge in [0.1, 0.15) is 5.75 Å². The highest BCUT2D eigenvalue weighted by molar-refractivity contribution is 5.53. The van der Waals surface area contributed by atoms with Crippen LogP contribution in [0.1, 0.15) is 11.4 Å². The number of nitrogen functional groups attached to an aromatic ring is 1. The predicted octanol–water partition coefficient (Wildman–Crippen LogP) is 2.79. The maximum atomic E-state index is 13.0. The third kappa shape index (κ3) is 2.35. The summed E-state index contributed by atoms with van der Waals surface area (Å²) < 4.78 is 44.7. The topological polar surface area (TPSA) is 53.1 Å². The number of nitrogens with zero attached hydrogens (tertiary/aromatic N) is 2. The summed E-state index contributed by atoms with van der Waals surface area (Å²) in [6, 6.07) is 6.09. The molecule has 0 aliphatic rings. The summed E-state index contributed by atoms with van der Waals surface area (Å²) in [7, 11) is 1.48. The summed E-state index contributed by atoms with van der Waals surface area (Å²) in [5, 5.41) is 3.83. The van der Waals surface area contributed by atoms with Crippen molar-refractivity contribution in [2.75, 3.05) is 12.8 Å². The molecule has 0 bridgehead atoms. The van der Waals surface area contributed by atoms with Gasteiger partial charge in [-0.25, -0.2) is 4.68 Å². The number of halogens is 3. The molecule has 4 nitrogen and oxygen atoms in total. The Morgan fingerprint density at radius 3 is 2.26 bits per heavy atom. The lowest BCUT2D eigenvalue weighted by molar-refractivity contribution is -0.142. The van der Waals surface area contributed by atoms with Crippen molar-refractivity contribution in [2.24, 2.45) is 0 Å². The zero-order valence-corrected chi connectivity index (χ0v) is 10.3. The normalized spacial score (nSPS) is 11.6. The van der Waals surface area contributed by atoms with Gasteiger partial charge >= 0.3 is 6.18 Å². The zero-order valence-electron chi connectivity index (χ0n) is 10.3. The fourth-order valence-corrected chi connectivity index (χ4v) is 1.72. The minimum atomic E-state index is -4.56. The molecule has 2 rings (SSSR count). The molecular formula is C12H12F3N3O. The van der Waals surface area contributed by atoms with E-state index in [9.17, 15) is 13.2 Å². The zero-order chi connectivity index (χ0) is 14.2. The highest BCUT2D eigenvalue weighted by Crippen LogP contribution is 2.36. The minimum Gasteiger partial charge on any atom is -0.497 e. The third-order valence-electron chi connectivity index (χ3n) is 2.69. The maximum Gasteiger partial charge on any atom is 0.435 e. The number of hydrogen-bond donors (Lipinski definition) is 1. The molecule has 0 unspecified atom stereocenters. The number of ether oxygens (including phenoxy) is 1. The summed E-state index contributed by atoms with van der Waals surface area (Å²) in [5.41, 5.74) is 4.55. The Bertz CT molecular complexity index is 588. The molecule has 0 aliphatic carbocycles. The van der Waals surface area contributed by atoms with E-state index in [0.717, 1.165) is 4.68 Å². The van der Waals surface area contributed by atoms with Crippen molar-refractivity contribution in [1.29, 1.82) is 0 Å². The number of aryl methyl sites for hydroxylation is 1. The van der Waals surface area contributed by atoms with Crippen LogP contribution in [0.25, 0.3) is 5.69 Å². The number of aromatic nitrogens is 2. The van der Waals surface area contributed by atoms with Gasteiger partial charge in [0, 0.05) is 0 Å². The first kappa shape index (κ1) is 13.3. The quantitative estimate of drug-likeness (QED) is 0.913. The summed E-state index contributed by atoms with van der Waals surface area (Å²) in [6.45, 7) is 1.44. The van der Waals surface area contributed by atoms with Crippen LogP contribution in [0.3, 0.4) is 0 Å². The van der Waals surface area contributed by atoms with E-state index in [1.165, 1.54) is 26.2 Å². The van der Waals surface area contributed by atoms with Crippen molar-refractivity contribution in [3.63, 3.8) is 0 Å². The van der Waals surface area contributed by atoms with E-state index in [0.29, 0.717) is 5.75 Å². The van der Waals surface area contributed by atoms with Crippen molar-refractivity contribution in [1.82, 2.24) is 9.78 Å². The number of methoxy groups -OCH3 is 1. The lowest BCUT2D eigenvalue weighted by Crippen LogP contribution is -2.15. The molecule has 1 aromatic heterocycles. The Morgan fingerprint density at radius 2 is 1.79 bits per heavy atom. The van der Waals surface area contributed by atoms with Crippen molar-refractivity contribution in [3.8, 4) is 11.4 Å². The highest BCUT2D eigenvalue weighted by Gasteiger charge is 2.39. The fraction of sp³-hybridized carbons (Fsp3) is 0.250. The van der Waals surface area contributed by atoms with Crippen LogP contribution < -0.4 is 10.5 Å². The number of rotatable bonds is 2. The lowest BCUT2D eigenvalue weighted by atomic mass is 10.2. The highest BCUT2D eigenvalue weighted by atomic mass is 19.4. The van der Waals surface area contributed by atoms with Gasteiger partial charge in [0.2, 0.25) is 0 Å². The minimum absolute atomic E-state index is 0.142. The molecule has 0 fully saturated rings. The second kappa shape index (κ2) is 4.49. The SMILES string of the molecule is COc1ccc(-n2nc(C)c(N)c2C(F)(F)F)cc1. The number of hydrogen-bond acceptors (Lipinski definition) is 3. The molecule has 2 N–H and O–H groups in total. The first-order chi connectivity index (χ1) is 8.84. The molecule has 0 saturated heterocycles. The van der Waals surface area contributed by atoms with Crippen molar-refractivity contribution in [2.45, 2.75) is 13.1 Å². The Kier molecular flexibility index (Phi) is 3.13. The van der Waals surface area contributed by atoms with Crippen molar-refractivity contribution in [3.05, 3.63) is 35.7 Å². The molecule has 0 amide bonds. The molecule has 0 atom stereocenters. The van der Waals surface area contributed by atoms with E-state index < -0.39 is 11.9 Å².